The fourth-order valence-electron chi connectivity index (χ4n) is 3.70. The number of hydrogen-bond donors (Lipinski definition) is 0. The first-order valence-electron chi connectivity index (χ1n) is 7.44. The molecule has 106 valence electrons. The molecule has 1 saturated carbocycles. The summed E-state index contributed by atoms with van der Waals surface area (Å²) in [5.41, 5.74) is 3.08. The van der Waals surface area contributed by atoms with E-state index in [-0.39, 0.29) is 5.97 Å². The maximum absolute atomic E-state index is 10.9. The third-order valence-corrected chi connectivity index (χ3v) is 5.28. The highest BCUT2D eigenvalue weighted by Gasteiger charge is 2.42. The molecule has 0 aromatic heterocycles. The van der Waals surface area contributed by atoms with Gasteiger partial charge in [0.25, 0.3) is 0 Å². The summed E-state index contributed by atoms with van der Waals surface area (Å²) in [4.78, 5) is 10.9. The van der Waals surface area contributed by atoms with Crippen LogP contribution in [-0.4, -0.2) is 12.6 Å². The molecule has 0 amide bonds. The first kappa shape index (κ1) is 14.4. The average Bonchev–Trinajstić information content (AvgIpc) is 2.36. The van der Waals surface area contributed by atoms with Gasteiger partial charge in [0.15, 0.2) is 0 Å². The molecule has 19 heavy (non-hydrogen) atoms. The van der Waals surface area contributed by atoms with Crippen molar-refractivity contribution in [3.63, 3.8) is 0 Å². The van der Waals surface area contributed by atoms with Crippen molar-refractivity contribution in [2.75, 3.05) is 6.61 Å². The highest BCUT2D eigenvalue weighted by atomic mass is 16.5. The molecule has 0 radical (unpaired) electrons. The zero-order chi connectivity index (χ0) is 14.0. The number of carbonyl (C=O) groups excluding carboxylic acids is 1. The van der Waals surface area contributed by atoms with Gasteiger partial charge in [-0.1, -0.05) is 32.1 Å². The first-order valence-corrected chi connectivity index (χ1v) is 7.44. The van der Waals surface area contributed by atoms with E-state index in [0.29, 0.717) is 17.9 Å². The Kier molecular flexibility index (Phi) is 4.17. The van der Waals surface area contributed by atoms with Crippen molar-refractivity contribution in [2.24, 2.45) is 17.3 Å². The van der Waals surface area contributed by atoms with E-state index in [0.717, 1.165) is 17.9 Å². The van der Waals surface area contributed by atoms with Crippen LogP contribution in [0.2, 0.25) is 0 Å². The molecule has 0 bridgehead atoms. The van der Waals surface area contributed by atoms with Gasteiger partial charge in [-0.05, 0) is 54.9 Å². The molecule has 0 aliphatic heterocycles. The van der Waals surface area contributed by atoms with Crippen LogP contribution in [0, 0.1) is 17.3 Å². The van der Waals surface area contributed by atoms with E-state index in [1.807, 2.05) is 0 Å². The first-order chi connectivity index (χ1) is 8.93. The molecule has 2 aliphatic rings. The van der Waals surface area contributed by atoms with Gasteiger partial charge in [-0.25, -0.2) is 0 Å². The summed E-state index contributed by atoms with van der Waals surface area (Å²) in [6, 6.07) is 0. The van der Waals surface area contributed by atoms with Gasteiger partial charge in [-0.15, -0.1) is 0 Å². The van der Waals surface area contributed by atoms with E-state index in [9.17, 15) is 4.79 Å². The quantitative estimate of drug-likeness (QED) is 0.561. The molecule has 2 nitrogen and oxygen atoms in total. The lowest BCUT2D eigenvalue weighted by atomic mass is 9.58. The zero-order valence-corrected chi connectivity index (χ0v) is 12.5. The molecule has 0 aromatic rings. The lowest BCUT2D eigenvalue weighted by Gasteiger charge is -2.47. The minimum atomic E-state index is -0.213. The van der Waals surface area contributed by atoms with Gasteiger partial charge in [0.05, 0.1) is 0 Å². The van der Waals surface area contributed by atoms with Crippen LogP contribution in [0.25, 0.3) is 0 Å². The number of carbonyl (C=O) groups is 1. The molecule has 2 aliphatic carbocycles. The Hall–Kier alpha value is -1.05. The van der Waals surface area contributed by atoms with Crippen molar-refractivity contribution in [3.8, 4) is 0 Å². The van der Waals surface area contributed by atoms with Crippen molar-refractivity contribution in [3.05, 3.63) is 23.8 Å². The Morgan fingerprint density at radius 1 is 1.53 bits per heavy atom. The molecule has 0 saturated heterocycles. The van der Waals surface area contributed by atoms with Crippen LogP contribution in [0.5, 0.6) is 0 Å². The summed E-state index contributed by atoms with van der Waals surface area (Å²) in [6.07, 6.45) is 8.51. The van der Waals surface area contributed by atoms with E-state index in [2.05, 4.69) is 26.5 Å². The maximum atomic E-state index is 10.9. The Morgan fingerprint density at radius 2 is 2.26 bits per heavy atom. The van der Waals surface area contributed by atoms with Gasteiger partial charge in [-0.3, -0.25) is 4.79 Å². The molecule has 0 spiro atoms. The summed E-state index contributed by atoms with van der Waals surface area (Å²) in [5.74, 6) is 1.04. The number of rotatable bonds is 3. The van der Waals surface area contributed by atoms with Crippen LogP contribution in [0.1, 0.15) is 52.9 Å². The van der Waals surface area contributed by atoms with Crippen molar-refractivity contribution < 1.29 is 9.53 Å². The van der Waals surface area contributed by atoms with Crippen molar-refractivity contribution in [1.29, 1.82) is 0 Å². The van der Waals surface area contributed by atoms with Crippen LogP contribution in [0.15, 0.2) is 23.8 Å². The average molecular weight is 262 g/mol. The highest BCUT2D eigenvalue weighted by molar-refractivity contribution is 5.66. The van der Waals surface area contributed by atoms with E-state index in [1.54, 1.807) is 5.57 Å². The summed E-state index contributed by atoms with van der Waals surface area (Å²) < 4.78 is 5.10. The van der Waals surface area contributed by atoms with Crippen molar-refractivity contribution in [1.82, 2.24) is 0 Å². The molecule has 3 atom stereocenters. The Morgan fingerprint density at radius 3 is 2.95 bits per heavy atom. The summed E-state index contributed by atoms with van der Waals surface area (Å²) in [7, 11) is 0. The van der Waals surface area contributed by atoms with Gasteiger partial charge in [0.2, 0.25) is 0 Å². The topological polar surface area (TPSA) is 26.3 Å². The van der Waals surface area contributed by atoms with Gasteiger partial charge in [0.1, 0.15) is 6.61 Å². The third kappa shape index (κ3) is 2.93. The fraction of sp³-hybridized carbons (Fsp3) is 0.706. The smallest absolute Gasteiger partial charge is 0.302 e. The molecular formula is C17H26O2. The predicted molar refractivity (Wildman–Crippen MR) is 77.7 cm³/mol. The van der Waals surface area contributed by atoms with Crippen LogP contribution in [-0.2, 0) is 9.53 Å². The largest absolute Gasteiger partial charge is 0.461 e. The lowest BCUT2D eigenvalue weighted by molar-refractivity contribution is -0.140. The van der Waals surface area contributed by atoms with Gasteiger partial charge in [0, 0.05) is 6.92 Å². The molecule has 2 rings (SSSR count). The van der Waals surface area contributed by atoms with E-state index < -0.39 is 0 Å². The van der Waals surface area contributed by atoms with Gasteiger partial charge < -0.3 is 4.74 Å². The normalized spacial score (nSPS) is 34.2. The zero-order valence-electron chi connectivity index (χ0n) is 12.5. The monoisotopic (exact) mass is 262 g/mol. The van der Waals surface area contributed by atoms with Gasteiger partial charge >= 0.3 is 5.97 Å². The van der Waals surface area contributed by atoms with Crippen molar-refractivity contribution >= 4 is 5.97 Å². The van der Waals surface area contributed by atoms with Crippen LogP contribution < -0.4 is 0 Å². The van der Waals surface area contributed by atoms with Gasteiger partial charge in [-0.2, -0.15) is 0 Å². The number of ether oxygens (including phenoxy) is 1. The van der Waals surface area contributed by atoms with Crippen LogP contribution in [0.4, 0.5) is 0 Å². The lowest BCUT2D eigenvalue weighted by Crippen LogP contribution is -2.37. The summed E-state index contributed by atoms with van der Waals surface area (Å²) in [6.45, 7) is 10.8. The summed E-state index contributed by atoms with van der Waals surface area (Å²) in [5, 5.41) is 0. The second kappa shape index (κ2) is 5.52. The minimum absolute atomic E-state index is 0.213. The number of fused-ring (bicyclic) bond motifs is 1. The van der Waals surface area contributed by atoms with E-state index in [1.165, 1.54) is 32.6 Å². The number of allylic oxidation sites excluding steroid dienone is 2. The molecule has 0 N–H and O–H groups in total. The predicted octanol–water partition coefficient (Wildman–Crippen LogP) is 4.27. The number of hydrogen-bond acceptors (Lipinski definition) is 2. The second-order valence-electron chi connectivity index (χ2n) is 6.50. The Balaban J connectivity index is 2.03. The fourth-order valence-corrected chi connectivity index (χ4v) is 3.70. The number of esters is 1. The molecular weight excluding hydrogens is 236 g/mol. The second-order valence-corrected chi connectivity index (χ2v) is 6.50. The molecule has 0 aromatic carbocycles. The molecule has 0 heterocycles. The van der Waals surface area contributed by atoms with E-state index >= 15 is 0 Å². The summed E-state index contributed by atoms with van der Waals surface area (Å²) >= 11 is 0. The van der Waals surface area contributed by atoms with E-state index in [4.69, 9.17) is 4.74 Å². The Labute approximate surface area is 116 Å². The molecule has 1 fully saturated rings. The van der Waals surface area contributed by atoms with Crippen molar-refractivity contribution in [2.45, 2.75) is 52.9 Å². The molecule has 2 heteroatoms. The maximum Gasteiger partial charge on any atom is 0.302 e. The SMILES string of the molecule is C=C(COC(C)=O)[C@H]1CCC2=CCC[C@H](C)[C@@]2(C)C1. The minimum Gasteiger partial charge on any atom is -0.461 e. The third-order valence-electron chi connectivity index (χ3n) is 5.28. The standard InChI is InChI=1S/C17H26O2/c1-12(11-19-14(3)18)15-8-9-16-7-5-6-13(2)17(16,4)10-15/h7,13,15H,1,5-6,8-11H2,2-4H3/t13-,15-,17+/m0/s1. The van der Waals surface area contributed by atoms with Crippen LogP contribution in [0.3, 0.4) is 0 Å². The van der Waals surface area contributed by atoms with Crippen LogP contribution >= 0.6 is 0 Å². The highest BCUT2D eigenvalue weighted by Crippen LogP contribution is 2.53. The Bertz CT molecular complexity index is 407. The molecule has 0 unspecified atom stereocenters.